The van der Waals surface area contributed by atoms with Crippen LogP contribution in [0.15, 0.2) is 4.99 Å². The van der Waals surface area contributed by atoms with E-state index in [9.17, 15) is 9.59 Å². The van der Waals surface area contributed by atoms with Crippen LogP contribution in [0.25, 0.3) is 0 Å². The summed E-state index contributed by atoms with van der Waals surface area (Å²) in [5.41, 5.74) is 0. The highest BCUT2D eigenvalue weighted by Gasteiger charge is 2.30. The second-order valence-corrected chi connectivity index (χ2v) is 3.41. The maximum atomic E-state index is 11.2. The Morgan fingerprint density at radius 1 is 1.23 bits per heavy atom. The fourth-order valence-corrected chi connectivity index (χ4v) is 1.05. The average molecular weight is 181 g/mol. The first-order valence-electron chi connectivity index (χ1n) is 4.36. The predicted octanol–water partition coefficient (Wildman–Crippen LogP) is -0.613. The molecule has 13 heavy (non-hydrogen) atoms. The zero-order chi connectivity index (χ0) is 9.42. The van der Waals surface area contributed by atoms with Crippen molar-refractivity contribution in [3.8, 4) is 0 Å². The second-order valence-electron chi connectivity index (χ2n) is 3.41. The fourth-order valence-electron chi connectivity index (χ4n) is 1.05. The fraction of sp³-hybridized carbons (Fsp3) is 0.625. The Morgan fingerprint density at radius 3 is 2.23 bits per heavy atom. The zero-order valence-electron chi connectivity index (χ0n) is 7.33. The highest BCUT2D eigenvalue weighted by molar-refractivity contribution is 6.17. The van der Waals surface area contributed by atoms with Crippen molar-refractivity contribution in [3.63, 3.8) is 0 Å². The van der Waals surface area contributed by atoms with Gasteiger partial charge in [-0.15, -0.1) is 0 Å². The van der Waals surface area contributed by atoms with Gasteiger partial charge in [-0.1, -0.05) is 0 Å². The van der Waals surface area contributed by atoms with E-state index in [4.69, 9.17) is 0 Å². The van der Waals surface area contributed by atoms with Gasteiger partial charge in [-0.25, -0.2) is 4.99 Å². The molecule has 2 rings (SSSR count). The van der Waals surface area contributed by atoms with E-state index in [0.717, 1.165) is 12.8 Å². The van der Waals surface area contributed by atoms with Crippen molar-refractivity contribution in [3.05, 3.63) is 0 Å². The third-order valence-corrected chi connectivity index (χ3v) is 2.13. The smallest absolute Gasteiger partial charge is 0.238 e. The number of guanidine groups is 1. The van der Waals surface area contributed by atoms with Gasteiger partial charge in [-0.2, -0.15) is 0 Å². The van der Waals surface area contributed by atoms with Crippen LogP contribution in [0.3, 0.4) is 0 Å². The van der Waals surface area contributed by atoms with Gasteiger partial charge < -0.3 is 0 Å². The van der Waals surface area contributed by atoms with E-state index in [1.54, 1.807) is 6.92 Å². The average Bonchev–Trinajstić information content (AvgIpc) is 2.84. The molecule has 0 radical (unpaired) electrons. The summed E-state index contributed by atoms with van der Waals surface area (Å²) in [4.78, 5) is 26.5. The van der Waals surface area contributed by atoms with Crippen LogP contribution in [0.5, 0.6) is 0 Å². The van der Waals surface area contributed by atoms with Crippen molar-refractivity contribution in [2.45, 2.75) is 25.8 Å². The summed E-state index contributed by atoms with van der Waals surface area (Å²) in [6, 6.07) is 0.295. The Hall–Kier alpha value is -1.39. The SMILES string of the molecule is CC1C(=O)NC(=NC2CC2)NC1=O. The van der Waals surface area contributed by atoms with Gasteiger partial charge in [0.2, 0.25) is 17.8 Å². The maximum absolute atomic E-state index is 11.2. The number of amides is 2. The van der Waals surface area contributed by atoms with Crippen LogP contribution in [0, 0.1) is 5.92 Å². The standard InChI is InChI=1S/C8H11N3O2/c1-4-6(12)10-8(11-7(4)13)9-5-2-3-5/h4-5H,2-3H2,1H3,(H2,9,10,11,12,13). The topological polar surface area (TPSA) is 70.6 Å². The molecule has 1 saturated carbocycles. The molecule has 1 saturated heterocycles. The Morgan fingerprint density at radius 2 is 1.77 bits per heavy atom. The number of hydrogen-bond acceptors (Lipinski definition) is 3. The van der Waals surface area contributed by atoms with E-state index in [0.29, 0.717) is 12.0 Å². The summed E-state index contributed by atoms with van der Waals surface area (Å²) in [5, 5.41) is 5.09. The lowest BCUT2D eigenvalue weighted by molar-refractivity contribution is -0.134. The van der Waals surface area contributed by atoms with Gasteiger partial charge in [-0.05, 0) is 19.8 Å². The molecule has 0 unspecified atom stereocenters. The minimum absolute atomic E-state index is 0.275. The van der Waals surface area contributed by atoms with Crippen LogP contribution in [0.4, 0.5) is 0 Å². The minimum atomic E-state index is -0.613. The van der Waals surface area contributed by atoms with Crippen molar-refractivity contribution in [2.24, 2.45) is 10.9 Å². The van der Waals surface area contributed by atoms with E-state index in [1.807, 2.05) is 0 Å². The van der Waals surface area contributed by atoms with Crippen LogP contribution in [0.2, 0.25) is 0 Å². The molecule has 5 heteroatoms. The van der Waals surface area contributed by atoms with Gasteiger partial charge in [0.25, 0.3) is 0 Å². The van der Waals surface area contributed by atoms with Crippen molar-refractivity contribution < 1.29 is 9.59 Å². The zero-order valence-corrected chi connectivity index (χ0v) is 7.33. The third-order valence-electron chi connectivity index (χ3n) is 2.13. The molecule has 0 aromatic heterocycles. The first-order chi connectivity index (χ1) is 6.16. The van der Waals surface area contributed by atoms with Crippen LogP contribution in [-0.2, 0) is 9.59 Å². The molecule has 0 aromatic rings. The molecule has 0 bridgehead atoms. The van der Waals surface area contributed by atoms with Gasteiger partial charge in [0, 0.05) is 0 Å². The Kier molecular flexibility index (Phi) is 1.79. The van der Waals surface area contributed by atoms with E-state index >= 15 is 0 Å². The number of carbonyl (C=O) groups excluding carboxylic acids is 2. The first kappa shape index (κ1) is 8.22. The first-order valence-corrected chi connectivity index (χ1v) is 4.36. The second kappa shape index (κ2) is 2.83. The molecule has 2 N–H and O–H groups in total. The van der Waals surface area contributed by atoms with Gasteiger partial charge in [0.05, 0.1) is 6.04 Å². The van der Waals surface area contributed by atoms with Gasteiger partial charge >= 0.3 is 0 Å². The summed E-state index contributed by atoms with van der Waals surface area (Å²) in [7, 11) is 0. The largest absolute Gasteiger partial charge is 0.296 e. The third kappa shape index (κ3) is 1.68. The molecule has 0 spiro atoms. The van der Waals surface area contributed by atoms with Crippen molar-refractivity contribution in [1.82, 2.24) is 10.6 Å². The molecule has 1 heterocycles. The maximum Gasteiger partial charge on any atom is 0.238 e. The number of hydrogen-bond donors (Lipinski definition) is 2. The quantitative estimate of drug-likeness (QED) is 0.529. The number of aliphatic imine (C=N–C) groups is 1. The highest BCUT2D eigenvalue weighted by atomic mass is 16.2. The number of rotatable bonds is 1. The van der Waals surface area contributed by atoms with Gasteiger partial charge in [0.15, 0.2) is 0 Å². The molecule has 2 aliphatic rings. The van der Waals surface area contributed by atoms with Gasteiger partial charge in [-0.3, -0.25) is 20.2 Å². The summed E-state index contributed by atoms with van der Waals surface area (Å²) in [6.07, 6.45) is 2.09. The number of nitrogens with one attached hydrogen (secondary N) is 2. The molecule has 0 atom stereocenters. The molecule has 1 aliphatic carbocycles. The molecule has 70 valence electrons. The summed E-state index contributed by atoms with van der Waals surface area (Å²) < 4.78 is 0. The van der Waals surface area contributed by atoms with Gasteiger partial charge in [0.1, 0.15) is 5.92 Å². The lowest BCUT2D eigenvalue weighted by Gasteiger charge is -2.20. The monoisotopic (exact) mass is 181 g/mol. The van der Waals surface area contributed by atoms with Crippen LogP contribution < -0.4 is 10.6 Å². The highest BCUT2D eigenvalue weighted by Crippen LogP contribution is 2.23. The molecule has 2 amide bonds. The minimum Gasteiger partial charge on any atom is -0.296 e. The lowest BCUT2D eigenvalue weighted by Crippen LogP contribution is -2.55. The Bertz CT molecular complexity index is 274. The predicted molar refractivity (Wildman–Crippen MR) is 45.9 cm³/mol. The molecule has 1 aliphatic heterocycles. The number of nitrogens with zero attached hydrogens (tertiary/aromatic N) is 1. The molecular formula is C8H11N3O2. The van der Waals surface area contributed by atoms with Crippen molar-refractivity contribution >= 4 is 17.8 Å². The summed E-state index contributed by atoms with van der Waals surface area (Å²) in [5.74, 6) is -0.847. The van der Waals surface area contributed by atoms with Crippen LogP contribution in [0.1, 0.15) is 19.8 Å². The summed E-state index contributed by atoms with van der Waals surface area (Å²) >= 11 is 0. The molecule has 2 fully saturated rings. The van der Waals surface area contributed by atoms with E-state index in [-0.39, 0.29) is 11.8 Å². The van der Waals surface area contributed by atoms with Crippen molar-refractivity contribution in [2.75, 3.05) is 0 Å². The van der Waals surface area contributed by atoms with Crippen LogP contribution >= 0.6 is 0 Å². The molecule has 0 aromatic carbocycles. The molecule has 5 nitrogen and oxygen atoms in total. The van der Waals surface area contributed by atoms with Crippen molar-refractivity contribution in [1.29, 1.82) is 0 Å². The molecular weight excluding hydrogens is 170 g/mol. The Balaban J connectivity index is 2.08. The lowest BCUT2D eigenvalue weighted by atomic mass is 10.1. The number of carbonyl (C=O) groups is 2. The van der Waals surface area contributed by atoms with Crippen LogP contribution in [-0.4, -0.2) is 23.8 Å². The van der Waals surface area contributed by atoms with E-state index < -0.39 is 5.92 Å². The van der Waals surface area contributed by atoms with E-state index in [1.165, 1.54) is 0 Å². The Labute approximate surface area is 75.6 Å². The normalized spacial score (nSPS) is 28.1. The van der Waals surface area contributed by atoms with E-state index in [2.05, 4.69) is 15.6 Å². The summed E-state index contributed by atoms with van der Waals surface area (Å²) in [6.45, 7) is 1.57.